The quantitative estimate of drug-likeness (QED) is 0.350. The molecule has 7 nitrogen and oxygen atoms in total. The minimum Gasteiger partial charge on any atom is -0.369 e. The van der Waals surface area contributed by atoms with Crippen molar-refractivity contribution in [3.63, 3.8) is 0 Å². The molecule has 0 saturated heterocycles. The Labute approximate surface area is 233 Å². The average molecular weight is 571 g/mol. The fraction of sp³-hybridized carbons (Fsp3) is 0.241. The van der Waals surface area contributed by atoms with Gasteiger partial charge in [0.1, 0.15) is 0 Å². The number of rotatable bonds is 8. The Kier molecular flexibility index (Phi) is 8.58. The number of hydrogen-bond donors (Lipinski definition) is 3. The van der Waals surface area contributed by atoms with E-state index in [9.17, 15) is 27.6 Å². The predicted octanol–water partition coefficient (Wildman–Crippen LogP) is 5.11. The van der Waals surface area contributed by atoms with Crippen LogP contribution in [-0.4, -0.2) is 35.8 Å². The molecule has 1 heterocycles. The second-order valence-corrected chi connectivity index (χ2v) is 9.87. The number of para-hydroxylation sites is 1. The minimum absolute atomic E-state index is 0.286. The number of carbonyl (C=O) groups is 3. The van der Waals surface area contributed by atoms with Crippen molar-refractivity contribution in [2.75, 3.05) is 5.32 Å². The van der Waals surface area contributed by atoms with Crippen molar-refractivity contribution in [2.24, 2.45) is 16.6 Å². The van der Waals surface area contributed by atoms with E-state index in [0.29, 0.717) is 27.5 Å². The number of fused-ring (bicyclic) bond motifs is 1. The highest BCUT2D eigenvalue weighted by Crippen LogP contribution is 2.33. The fourth-order valence-electron chi connectivity index (χ4n) is 4.71. The van der Waals surface area contributed by atoms with Gasteiger partial charge in [-0.25, -0.2) is 4.99 Å². The minimum atomic E-state index is -4.59. The lowest BCUT2D eigenvalue weighted by atomic mass is 9.81. The number of nitrogens with two attached hydrogens (primary N) is 1. The number of aliphatic imine (C=N–C) groups is 1. The third-order valence-corrected chi connectivity index (χ3v) is 6.84. The van der Waals surface area contributed by atoms with Crippen LogP contribution in [0.15, 0.2) is 77.8 Å². The molecule has 0 aliphatic carbocycles. The van der Waals surface area contributed by atoms with E-state index >= 15 is 0 Å². The molecule has 4 rings (SSSR count). The van der Waals surface area contributed by atoms with Crippen molar-refractivity contribution in [1.82, 2.24) is 5.32 Å². The van der Waals surface area contributed by atoms with E-state index in [1.165, 1.54) is 12.1 Å². The first-order valence-corrected chi connectivity index (χ1v) is 12.8. The first-order chi connectivity index (χ1) is 18.9. The molecule has 4 N–H and O–H groups in total. The summed E-state index contributed by atoms with van der Waals surface area (Å²) in [4.78, 5) is 43.9. The van der Waals surface area contributed by atoms with Gasteiger partial charge in [0.15, 0.2) is 0 Å². The molecule has 208 valence electrons. The summed E-state index contributed by atoms with van der Waals surface area (Å²) in [6.45, 7) is 1.79. The third-order valence-electron chi connectivity index (χ3n) is 6.60. The standard InChI is InChI=1S/C29H26ClF3N4O3/c1-16-7-5-12-21-23(16)36-28(40)26(35-24(21)18-10-6-11-19(30)15-18)37-27(39)20(13-14-29(31,32)33)22(25(34)38)17-8-3-2-4-9-17/h2-12,15,20,22,26H,13-14H2,1H3,(H2,34,38)(H,36,40)(H,37,39)/t20-,22+,26-/m1/s1. The molecule has 0 aromatic heterocycles. The Hall–Kier alpha value is -4.18. The van der Waals surface area contributed by atoms with Crippen molar-refractivity contribution >= 4 is 40.7 Å². The highest BCUT2D eigenvalue weighted by Gasteiger charge is 2.39. The maximum atomic E-state index is 13.6. The van der Waals surface area contributed by atoms with E-state index in [4.69, 9.17) is 17.3 Å². The smallest absolute Gasteiger partial charge is 0.369 e. The molecule has 11 heteroatoms. The van der Waals surface area contributed by atoms with Crippen LogP contribution >= 0.6 is 11.6 Å². The second kappa shape index (κ2) is 11.9. The van der Waals surface area contributed by atoms with Gasteiger partial charge in [0.25, 0.3) is 5.91 Å². The first kappa shape index (κ1) is 28.8. The number of amides is 3. The number of carbonyl (C=O) groups excluding carboxylic acids is 3. The summed E-state index contributed by atoms with van der Waals surface area (Å²) in [5.41, 5.74) is 8.55. The Morgan fingerprint density at radius 1 is 1.07 bits per heavy atom. The Bertz CT molecular complexity index is 1460. The van der Waals surface area contributed by atoms with E-state index in [-0.39, 0.29) is 5.56 Å². The Balaban J connectivity index is 1.75. The topological polar surface area (TPSA) is 114 Å². The maximum absolute atomic E-state index is 13.6. The van der Waals surface area contributed by atoms with Crippen molar-refractivity contribution < 1.29 is 27.6 Å². The number of nitrogens with one attached hydrogen (secondary N) is 2. The number of alkyl halides is 3. The molecule has 3 atom stereocenters. The highest BCUT2D eigenvalue weighted by atomic mass is 35.5. The molecule has 0 saturated carbocycles. The molecule has 40 heavy (non-hydrogen) atoms. The van der Waals surface area contributed by atoms with E-state index in [2.05, 4.69) is 15.6 Å². The average Bonchev–Trinajstić information content (AvgIpc) is 3.03. The molecule has 0 unspecified atom stereocenters. The molecule has 0 fully saturated rings. The van der Waals surface area contributed by atoms with Gasteiger partial charge in [-0.1, -0.05) is 72.3 Å². The van der Waals surface area contributed by atoms with Crippen LogP contribution in [-0.2, 0) is 14.4 Å². The fourth-order valence-corrected chi connectivity index (χ4v) is 4.90. The molecule has 3 aromatic rings. The molecule has 3 aromatic carbocycles. The monoisotopic (exact) mass is 570 g/mol. The van der Waals surface area contributed by atoms with E-state index < -0.39 is 54.7 Å². The summed E-state index contributed by atoms with van der Waals surface area (Å²) < 4.78 is 39.7. The molecular formula is C29H26ClF3N4O3. The van der Waals surface area contributed by atoms with Crippen molar-refractivity contribution in [1.29, 1.82) is 0 Å². The summed E-state index contributed by atoms with van der Waals surface area (Å²) in [5.74, 6) is -5.52. The summed E-state index contributed by atoms with van der Waals surface area (Å²) >= 11 is 6.21. The highest BCUT2D eigenvalue weighted by molar-refractivity contribution is 6.31. The van der Waals surface area contributed by atoms with Crippen molar-refractivity contribution in [3.8, 4) is 0 Å². The molecule has 0 spiro atoms. The number of primary amides is 1. The Morgan fingerprint density at radius 2 is 1.77 bits per heavy atom. The van der Waals surface area contributed by atoms with Gasteiger partial charge in [-0.2, -0.15) is 13.2 Å². The lowest BCUT2D eigenvalue weighted by molar-refractivity contribution is -0.144. The zero-order valence-corrected chi connectivity index (χ0v) is 22.1. The summed E-state index contributed by atoms with van der Waals surface area (Å²) in [7, 11) is 0. The number of nitrogens with zero attached hydrogens (tertiary/aromatic N) is 1. The van der Waals surface area contributed by atoms with Gasteiger partial charge in [0.2, 0.25) is 18.0 Å². The van der Waals surface area contributed by atoms with Gasteiger partial charge in [0.05, 0.1) is 23.2 Å². The number of benzodiazepines with no additional fused rings is 1. The lowest BCUT2D eigenvalue weighted by Gasteiger charge is -2.26. The van der Waals surface area contributed by atoms with Gasteiger partial charge >= 0.3 is 6.18 Å². The van der Waals surface area contributed by atoms with Crippen LogP contribution in [0.1, 0.15) is 41.0 Å². The third kappa shape index (κ3) is 6.69. The lowest BCUT2D eigenvalue weighted by Crippen LogP contribution is -2.47. The van der Waals surface area contributed by atoms with Crippen molar-refractivity contribution in [2.45, 2.75) is 38.0 Å². The number of halogens is 4. The van der Waals surface area contributed by atoms with Crippen LogP contribution in [0.2, 0.25) is 5.02 Å². The van der Waals surface area contributed by atoms with Crippen LogP contribution in [0.4, 0.5) is 18.9 Å². The van der Waals surface area contributed by atoms with Crippen molar-refractivity contribution in [3.05, 3.63) is 100 Å². The van der Waals surface area contributed by atoms with E-state index in [1.54, 1.807) is 67.6 Å². The summed E-state index contributed by atoms with van der Waals surface area (Å²) in [6, 6.07) is 19.9. The number of aryl methyl sites for hydroxylation is 1. The van der Waals surface area contributed by atoms with Crippen LogP contribution in [0, 0.1) is 12.8 Å². The molecule has 1 aliphatic rings. The van der Waals surface area contributed by atoms with Crippen LogP contribution in [0.3, 0.4) is 0 Å². The zero-order chi connectivity index (χ0) is 29.0. The normalized spacial score (nSPS) is 16.6. The number of hydrogen-bond acceptors (Lipinski definition) is 4. The Morgan fingerprint density at radius 3 is 2.42 bits per heavy atom. The molecule has 1 aliphatic heterocycles. The number of benzene rings is 3. The molecule has 0 bridgehead atoms. The second-order valence-electron chi connectivity index (χ2n) is 9.44. The first-order valence-electron chi connectivity index (χ1n) is 12.4. The van der Waals surface area contributed by atoms with E-state index in [0.717, 1.165) is 5.56 Å². The van der Waals surface area contributed by atoms with Crippen LogP contribution in [0.5, 0.6) is 0 Å². The van der Waals surface area contributed by atoms with Crippen LogP contribution < -0.4 is 16.4 Å². The van der Waals surface area contributed by atoms with Crippen LogP contribution in [0.25, 0.3) is 0 Å². The van der Waals surface area contributed by atoms with Gasteiger partial charge < -0.3 is 16.4 Å². The van der Waals surface area contributed by atoms with Gasteiger partial charge in [0, 0.05) is 22.6 Å². The number of anilines is 1. The maximum Gasteiger partial charge on any atom is 0.389 e. The SMILES string of the molecule is Cc1cccc2c1NC(=O)[C@@H](NC(=O)[C@H](CCC(F)(F)F)[C@@H](C(N)=O)c1ccccc1)N=C2c1cccc(Cl)c1. The summed E-state index contributed by atoms with van der Waals surface area (Å²) in [6.07, 6.45) is -8.17. The molecular weight excluding hydrogens is 545 g/mol. The molecule has 0 radical (unpaired) electrons. The zero-order valence-electron chi connectivity index (χ0n) is 21.3. The van der Waals surface area contributed by atoms with Gasteiger partial charge in [-0.3, -0.25) is 14.4 Å². The van der Waals surface area contributed by atoms with E-state index in [1.807, 2.05) is 0 Å². The van der Waals surface area contributed by atoms with Gasteiger partial charge in [-0.15, -0.1) is 0 Å². The largest absolute Gasteiger partial charge is 0.389 e. The predicted molar refractivity (Wildman–Crippen MR) is 146 cm³/mol. The molecule has 3 amide bonds. The van der Waals surface area contributed by atoms with Gasteiger partial charge in [-0.05, 0) is 36.6 Å². The summed E-state index contributed by atoms with van der Waals surface area (Å²) in [5, 5.41) is 5.65.